The smallest absolute Gasteiger partial charge is 0.169 e. The largest absolute Gasteiger partial charge is 0.307 e. The molecule has 0 fully saturated rings. The van der Waals surface area contributed by atoms with Gasteiger partial charge in [0.05, 0.1) is 6.61 Å². The second kappa shape index (κ2) is 6.90. The van der Waals surface area contributed by atoms with Gasteiger partial charge in [0, 0.05) is 5.92 Å². The summed E-state index contributed by atoms with van der Waals surface area (Å²) in [7, 11) is 0. The van der Waals surface area contributed by atoms with Gasteiger partial charge >= 0.3 is 0 Å². The van der Waals surface area contributed by atoms with Crippen LogP contribution in [0, 0.1) is 5.92 Å². The van der Waals surface area contributed by atoms with Gasteiger partial charge in [0.25, 0.3) is 0 Å². The van der Waals surface area contributed by atoms with E-state index in [9.17, 15) is 4.79 Å². The van der Waals surface area contributed by atoms with Crippen LogP contribution in [0.25, 0.3) is 0 Å². The van der Waals surface area contributed by atoms with E-state index in [0.29, 0.717) is 13.0 Å². The van der Waals surface area contributed by atoms with E-state index in [1.54, 1.807) is 13.8 Å². The second-order valence-electron chi connectivity index (χ2n) is 4.02. The maximum absolute atomic E-state index is 11.9. The van der Waals surface area contributed by atoms with Crippen molar-refractivity contribution in [1.82, 2.24) is 5.32 Å². The third-order valence-electron chi connectivity index (χ3n) is 2.34. The van der Waals surface area contributed by atoms with Gasteiger partial charge in [-0.25, -0.2) is 4.89 Å². The van der Waals surface area contributed by atoms with Crippen LogP contribution in [0.2, 0.25) is 0 Å². The van der Waals surface area contributed by atoms with Gasteiger partial charge < -0.3 is 5.73 Å². The van der Waals surface area contributed by atoms with Gasteiger partial charge in [-0.3, -0.25) is 15.4 Å². The molecule has 0 aromatic rings. The molecule has 0 saturated heterocycles. The summed E-state index contributed by atoms with van der Waals surface area (Å²) in [5.41, 5.74) is 4.86. The zero-order chi connectivity index (χ0) is 11.9. The highest BCUT2D eigenvalue weighted by molar-refractivity contribution is 5.89. The molecular weight excluding hydrogens is 196 g/mol. The minimum Gasteiger partial charge on any atom is -0.307 e. The first-order valence-electron chi connectivity index (χ1n) is 5.30. The summed E-state index contributed by atoms with van der Waals surface area (Å²) in [6, 6.07) is 0. The molecule has 0 amide bonds. The van der Waals surface area contributed by atoms with Crippen molar-refractivity contribution in [2.24, 2.45) is 11.7 Å². The highest BCUT2D eigenvalue weighted by atomic mass is 17.1. The van der Waals surface area contributed by atoms with E-state index in [-0.39, 0.29) is 18.3 Å². The van der Waals surface area contributed by atoms with Crippen molar-refractivity contribution in [3.63, 3.8) is 0 Å². The first-order chi connectivity index (χ1) is 6.95. The Kier molecular flexibility index (Phi) is 6.67. The van der Waals surface area contributed by atoms with Crippen LogP contribution < -0.4 is 11.1 Å². The predicted molar refractivity (Wildman–Crippen MR) is 58.3 cm³/mol. The molecule has 0 saturated carbocycles. The van der Waals surface area contributed by atoms with E-state index in [0.717, 1.165) is 6.42 Å². The lowest BCUT2D eigenvalue weighted by molar-refractivity contribution is -0.244. The minimum absolute atomic E-state index is 0.0620. The third kappa shape index (κ3) is 5.22. The molecule has 0 radical (unpaired) electrons. The van der Waals surface area contributed by atoms with Gasteiger partial charge in [-0.1, -0.05) is 13.8 Å². The topological polar surface area (TPSA) is 84.6 Å². The molecule has 0 aromatic carbocycles. The fourth-order valence-electron chi connectivity index (χ4n) is 1.34. The lowest BCUT2D eigenvalue weighted by Crippen LogP contribution is -2.59. The van der Waals surface area contributed by atoms with E-state index in [1.165, 1.54) is 0 Å². The summed E-state index contributed by atoms with van der Waals surface area (Å²) in [5, 5.41) is 11.2. The van der Waals surface area contributed by atoms with Gasteiger partial charge in [0.15, 0.2) is 5.78 Å². The number of rotatable bonds is 8. The molecule has 0 aliphatic carbocycles. The van der Waals surface area contributed by atoms with Crippen molar-refractivity contribution in [3.05, 3.63) is 0 Å². The van der Waals surface area contributed by atoms with Gasteiger partial charge in [-0.05, 0) is 26.3 Å². The van der Waals surface area contributed by atoms with E-state index < -0.39 is 5.66 Å². The standard InChI is InChI=1S/C10H22N2O3/c1-4-6-12-10(3,11)9(13)8(2)5-7-15-14/h8,12,14H,4-7,11H2,1-3H3. The fourth-order valence-corrected chi connectivity index (χ4v) is 1.34. The van der Waals surface area contributed by atoms with Gasteiger partial charge in [-0.2, -0.15) is 0 Å². The summed E-state index contributed by atoms with van der Waals surface area (Å²) in [5.74, 6) is -0.287. The van der Waals surface area contributed by atoms with E-state index >= 15 is 0 Å². The Morgan fingerprint density at radius 2 is 2.27 bits per heavy atom. The summed E-state index contributed by atoms with van der Waals surface area (Å²) < 4.78 is 0. The number of hydrogen-bond donors (Lipinski definition) is 3. The van der Waals surface area contributed by atoms with Crippen LogP contribution in [0.4, 0.5) is 0 Å². The Balaban J connectivity index is 4.14. The second-order valence-corrected chi connectivity index (χ2v) is 4.02. The minimum atomic E-state index is -0.995. The average Bonchev–Trinajstić information content (AvgIpc) is 2.21. The van der Waals surface area contributed by atoms with Gasteiger partial charge in [0.1, 0.15) is 5.66 Å². The van der Waals surface area contributed by atoms with Gasteiger partial charge in [-0.15, -0.1) is 0 Å². The predicted octanol–water partition coefficient (Wildman–Crippen LogP) is 0.746. The zero-order valence-electron chi connectivity index (χ0n) is 9.75. The van der Waals surface area contributed by atoms with Crippen LogP contribution in [-0.4, -0.2) is 29.9 Å². The molecule has 0 aliphatic rings. The average molecular weight is 218 g/mol. The van der Waals surface area contributed by atoms with E-state index in [2.05, 4.69) is 10.2 Å². The van der Waals surface area contributed by atoms with Crippen molar-refractivity contribution in [2.75, 3.05) is 13.2 Å². The molecule has 0 rings (SSSR count). The van der Waals surface area contributed by atoms with Crippen LogP contribution in [0.5, 0.6) is 0 Å². The van der Waals surface area contributed by atoms with Crippen molar-refractivity contribution in [1.29, 1.82) is 0 Å². The molecule has 0 bridgehead atoms. The third-order valence-corrected chi connectivity index (χ3v) is 2.34. The number of carbonyl (C=O) groups is 1. The fraction of sp³-hybridized carbons (Fsp3) is 0.900. The Bertz CT molecular complexity index is 195. The summed E-state index contributed by atoms with van der Waals surface area (Å²) in [6.07, 6.45) is 1.39. The molecule has 2 unspecified atom stereocenters. The number of nitrogens with two attached hydrogens (primary N) is 1. The monoisotopic (exact) mass is 218 g/mol. The number of carbonyl (C=O) groups excluding carboxylic acids is 1. The van der Waals surface area contributed by atoms with Crippen LogP contribution in [0.1, 0.15) is 33.6 Å². The molecule has 4 N–H and O–H groups in total. The molecule has 2 atom stereocenters. The lowest BCUT2D eigenvalue weighted by atomic mass is 9.93. The molecule has 5 nitrogen and oxygen atoms in total. The quantitative estimate of drug-likeness (QED) is 0.318. The van der Waals surface area contributed by atoms with E-state index in [1.807, 2.05) is 6.92 Å². The highest BCUT2D eigenvalue weighted by Crippen LogP contribution is 2.10. The van der Waals surface area contributed by atoms with Gasteiger partial charge in [0.2, 0.25) is 0 Å². The number of nitrogens with one attached hydrogen (secondary N) is 1. The highest BCUT2D eigenvalue weighted by Gasteiger charge is 2.30. The number of hydrogen-bond acceptors (Lipinski definition) is 5. The molecule has 5 heteroatoms. The Morgan fingerprint density at radius 1 is 1.67 bits per heavy atom. The first-order valence-corrected chi connectivity index (χ1v) is 5.30. The number of ketones is 1. The van der Waals surface area contributed by atoms with Crippen molar-refractivity contribution >= 4 is 5.78 Å². The van der Waals surface area contributed by atoms with Crippen molar-refractivity contribution in [3.8, 4) is 0 Å². The summed E-state index contributed by atoms with van der Waals surface area (Å²) in [4.78, 5) is 15.8. The van der Waals surface area contributed by atoms with Crippen molar-refractivity contribution < 1.29 is 14.9 Å². The SMILES string of the molecule is CCCNC(C)(N)C(=O)C(C)CCOO. The van der Waals surface area contributed by atoms with Crippen LogP contribution in [0.15, 0.2) is 0 Å². The van der Waals surface area contributed by atoms with E-state index in [4.69, 9.17) is 11.0 Å². The molecule has 0 aromatic heterocycles. The Labute approximate surface area is 90.9 Å². The van der Waals surface area contributed by atoms with Crippen LogP contribution >= 0.6 is 0 Å². The number of Topliss-reactive ketones (excluding diaryl/α,β-unsaturated/α-hetero) is 1. The summed E-state index contributed by atoms with van der Waals surface area (Å²) in [6.45, 7) is 6.32. The molecule has 0 spiro atoms. The summed E-state index contributed by atoms with van der Waals surface area (Å²) >= 11 is 0. The lowest BCUT2D eigenvalue weighted by Gasteiger charge is -2.27. The Morgan fingerprint density at radius 3 is 2.73 bits per heavy atom. The van der Waals surface area contributed by atoms with Crippen molar-refractivity contribution in [2.45, 2.75) is 39.3 Å². The normalized spacial score (nSPS) is 17.1. The molecule has 90 valence electrons. The molecule has 15 heavy (non-hydrogen) atoms. The maximum atomic E-state index is 11.9. The molecule has 0 heterocycles. The van der Waals surface area contributed by atoms with Crippen LogP contribution in [0.3, 0.4) is 0 Å². The zero-order valence-corrected chi connectivity index (χ0v) is 9.75. The first kappa shape index (κ1) is 14.5. The molecular formula is C10H22N2O3. The van der Waals surface area contributed by atoms with Crippen LogP contribution in [-0.2, 0) is 9.68 Å². The Hall–Kier alpha value is -0.490. The maximum Gasteiger partial charge on any atom is 0.169 e. The molecule has 0 aliphatic heterocycles.